The van der Waals surface area contributed by atoms with Crippen LogP contribution in [-0.4, -0.2) is 47.5 Å². The zero-order valence-electron chi connectivity index (χ0n) is 15.3. The number of carbonyl (C=O) groups excluding carboxylic acids is 3. The minimum absolute atomic E-state index is 0.0277. The zero-order chi connectivity index (χ0) is 20.1. The monoisotopic (exact) mass is 380 g/mol. The first kappa shape index (κ1) is 19.3. The number of amides is 2. The highest BCUT2D eigenvalue weighted by Gasteiger charge is 2.30. The van der Waals surface area contributed by atoms with Crippen LogP contribution in [0, 0.1) is 0 Å². The van der Waals surface area contributed by atoms with Crippen LogP contribution >= 0.6 is 0 Å². The van der Waals surface area contributed by atoms with E-state index in [9.17, 15) is 14.4 Å². The van der Waals surface area contributed by atoms with Crippen LogP contribution in [0.25, 0.3) is 11.1 Å². The second-order valence-corrected chi connectivity index (χ2v) is 6.08. The van der Waals surface area contributed by atoms with Crippen molar-refractivity contribution < 1.29 is 24.2 Å². The minimum atomic E-state index is -0.460. The number of imide groups is 1. The SMILES string of the molecule is CCOC(=O)c1ccc(-c2ccc(NC3=CC(=O)N(CCO)C3=O)cc2)cc1. The van der Waals surface area contributed by atoms with Crippen LogP contribution in [0.2, 0.25) is 0 Å². The van der Waals surface area contributed by atoms with Gasteiger partial charge in [0.05, 0.1) is 25.3 Å². The molecule has 2 N–H and O–H groups in total. The number of hydrogen-bond donors (Lipinski definition) is 2. The predicted molar refractivity (Wildman–Crippen MR) is 103 cm³/mol. The van der Waals surface area contributed by atoms with Crippen LogP contribution in [0.4, 0.5) is 5.69 Å². The molecule has 1 aliphatic heterocycles. The summed E-state index contributed by atoms with van der Waals surface area (Å²) in [4.78, 5) is 36.6. The maximum absolute atomic E-state index is 12.2. The van der Waals surface area contributed by atoms with Gasteiger partial charge in [-0.25, -0.2) is 4.79 Å². The van der Waals surface area contributed by atoms with Crippen molar-refractivity contribution in [1.29, 1.82) is 0 Å². The number of carbonyl (C=O) groups is 3. The van der Waals surface area contributed by atoms with Crippen molar-refractivity contribution in [2.75, 3.05) is 25.1 Å². The number of esters is 1. The average Bonchev–Trinajstić information content (AvgIpc) is 2.97. The third kappa shape index (κ3) is 4.10. The normalized spacial score (nSPS) is 13.5. The molecule has 7 heteroatoms. The molecule has 28 heavy (non-hydrogen) atoms. The Bertz CT molecular complexity index is 917. The molecular formula is C21H20N2O5. The van der Waals surface area contributed by atoms with E-state index in [4.69, 9.17) is 9.84 Å². The number of hydrogen-bond acceptors (Lipinski definition) is 6. The van der Waals surface area contributed by atoms with Crippen molar-refractivity contribution >= 4 is 23.5 Å². The van der Waals surface area contributed by atoms with Crippen molar-refractivity contribution in [2.45, 2.75) is 6.92 Å². The fourth-order valence-electron chi connectivity index (χ4n) is 2.82. The van der Waals surface area contributed by atoms with Crippen LogP contribution in [0.15, 0.2) is 60.3 Å². The first-order valence-corrected chi connectivity index (χ1v) is 8.86. The van der Waals surface area contributed by atoms with Gasteiger partial charge in [-0.05, 0) is 42.3 Å². The van der Waals surface area contributed by atoms with Gasteiger partial charge in [-0.1, -0.05) is 24.3 Å². The van der Waals surface area contributed by atoms with E-state index >= 15 is 0 Å². The number of rotatable bonds is 7. The molecule has 3 rings (SSSR count). The fraction of sp³-hybridized carbons (Fsp3) is 0.190. The fourth-order valence-corrected chi connectivity index (χ4v) is 2.82. The molecule has 0 aromatic heterocycles. The summed E-state index contributed by atoms with van der Waals surface area (Å²) < 4.78 is 4.97. The summed E-state index contributed by atoms with van der Waals surface area (Å²) in [6.07, 6.45) is 1.22. The Labute approximate surface area is 162 Å². The van der Waals surface area contributed by atoms with Crippen molar-refractivity contribution in [3.8, 4) is 11.1 Å². The summed E-state index contributed by atoms with van der Waals surface area (Å²) in [6.45, 7) is 1.79. The van der Waals surface area contributed by atoms with Crippen LogP contribution in [0.3, 0.4) is 0 Å². The summed E-state index contributed by atoms with van der Waals surface area (Å²) in [7, 11) is 0. The Morgan fingerprint density at radius 1 is 1.04 bits per heavy atom. The summed E-state index contributed by atoms with van der Waals surface area (Å²) in [5.41, 5.74) is 3.19. The largest absolute Gasteiger partial charge is 0.462 e. The zero-order valence-corrected chi connectivity index (χ0v) is 15.3. The van der Waals surface area contributed by atoms with Gasteiger partial charge in [0.1, 0.15) is 5.70 Å². The van der Waals surface area contributed by atoms with Crippen molar-refractivity contribution in [2.24, 2.45) is 0 Å². The second-order valence-electron chi connectivity index (χ2n) is 6.08. The van der Waals surface area contributed by atoms with Gasteiger partial charge in [0.15, 0.2) is 0 Å². The third-order valence-electron chi connectivity index (χ3n) is 4.23. The molecular weight excluding hydrogens is 360 g/mol. The van der Waals surface area contributed by atoms with Gasteiger partial charge in [-0.3, -0.25) is 14.5 Å². The Balaban J connectivity index is 1.69. The highest BCUT2D eigenvalue weighted by molar-refractivity contribution is 6.17. The number of nitrogens with one attached hydrogen (secondary N) is 1. The van der Waals surface area contributed by atoms with Crippen LogP contribution in [-0.2, 0) is 14.3 Å². The lowest BCUT2D eigenvalue weighted by molar-refractivity contribution is -0.137. The van der Waals surface area contributed by atoms with E-state index < -0.39 is 11.8 Å². The van der Waals surface area contributed by atoms with E-state index in [-0.39, 0.29) is 24.8 Å². The quantitative estimate of drug-likeness (QED) is 0.565. The summed E-state index contributed by atoms with van der Waals surface area (Å²) in [5, 5.41) is 11.9. The smallest absolute Gasteiger partial charge is 0.338 e. The number of aliphatic hydroxyl groups excluding tert-OH is 1. The van der Waals surface area contributed by atoms with Gasteiger partial charge in [-0.15, -0.1) is 0 Å². The average molecular weight is 380 g/mol. The molecule has 0 unspecified atom stereocenters. The standard InChI is InChI=1S/C21H20N2O5/c1-2-28-21(27)16-5-3-14(4-6-16)15-7-9-17(10-8-15)22-18-13-19(25)23(11-12-24)20(18)26/h3-10,13,22,24H,2,11-12H2,1H3. The maximum atomic E-state index is 12.2. The summed E-state index contributed by atoms with van der Waals surface area (Å²) in [6, 6.07) is 14.4. The van der Waals surface area contributed by atoms with E-state index in [1.54, 1.807) is 31.2 Å². The molecule has 0 aliphatic carbocycles. The molecule has 0 bridgehead atoms. The molecule has 0 atom stereocenters. The Morgan fingerprint density at radius 2 is 1.64 bits per heavy atom. The topological polar surface area (TPSA) is 95.9 Å². The van der Waals surface area contributed by atoms with Gasteiger partial charge in [0.25, 0.3) is 11.8 Å². The van der Waals surface area contributed by atoms with Crippen molar-refractivity contribution in [3.05, 3.63) is 65.9 Å². The molecule has 2 aromatic rings. The molecule has 0 spiro atoms. The number of ether oxygens (including phenoxy) is 1. The molecule has 0 radical (unpaired) electrons. The lowest BCUT2D eigenvalue weighted by Crippen LogP contribution is -2.34. The van der Waals surface area contributed by atoms with Crippen molar-refractivity contribution in [1.82, 2.24) is 4.90 Å². The molecule has 7 nitrogen and oxygen atoms in total. The van der Waals surface area contributed by atoms with Gasteiger partial charge in [-0.2, -0.15) is 0 Å². The Kier molecular flexibility index (Phi) is 5.86. The molecule has 2 amide bonds. The highest BCUT2D eigenvalue weighted by Crippen LogP contribution is 2.24. The molecule has 144 valence electrons. The lowest BCUT2D eigenvalue weighted by Gasteiger charge is -2.13. The molecule has 0 saturated carbocycles. The number of aliphatic hydroxyl groups is 1. The van der Waals surface area contributed by atoms with E-state index in [0.717, 1.165) is 16.0 Å². The molecule has 1 heterocycles. The second kappa shape index (κ2) is 8.49. The molecule has 1 aliphatic rings. The number of benzene rings is 2. The van der Waals surface area contributed by atoms with E-state index in [0.29, 0.717) is 17.9 Å². The maximum Gasteiger partial charge on any atom is 0.338 e. The predicted octanol–water partition coefficient (Wildman–Crippen LogP) is 2.19. The van der Waals surface area contributed by atoms with Crippen LogP contribution in [0.1, 0.15) is 17.3 Å². The van der Waals surface area contributed by atoms with Gasteiger partial charge in [0.2, 0.25) is 0 Å². The first-order chi connectivity index (χ1) is 13.5. The van der Waals surface area contributed by atoms with Gasteiger partial charge >= 0.3 is 5.97 Å². The van der Waals surface area contributed by atoms with Crippen molar-refractivity contribution in [3.63, 3.8) is 0 Å². The summed E-state index contributed by atoms with van der Waals surface area (Å²) >= 11 is 0. The van der Waals surface area contributed by atoms with Crippen LogP contribution < -0.4 is 5.32 Å². The highest BCUT2D eigenvalue weighted by atomic mass is 16.5. The molecule has 0 fully saturated rings. The molecule has 0 saturated heterocycles. The first-order valence-electron chi connectivity index (χ1n) is 8.86. The third-order valence-corrected chi connectivity index (χ3v) is 4.23. The summed E-state index contributed by atoms with van der Waals surface area (Å²) in [5.74, 6) is -1.26. The number of nitrogens with zero attached hydrogens (tertiary/aromatic N) is 1. The Hall–Kier alpha value is -3.45. The number of β-amino-alcohol motifs (C(OH)–C–C–N with tert-alkyl or cyclic N) is 1. The molecule has 2 aromatic carbocycles. The van der Waals surface area contributed by atoms with E-state index in [2.05, 4.69) is 5.32 Å². The van der Waals surface area contributed by atoms with E-state index in [1.807, 2.05) is 24.3 Å². The van der Waals surface area contributed by atoms with E-state index in [1.165, 1.54) is 6.08 Å². The van der Waals surface area contributed by atoms with Crippen LogP contribution in [0.5, 0.6) is 0 Å². The van der Waals surface area contributed by atoms with Gasteiger partial charge in [0, 0.05) is 11.8 Å². The lowest BCUT2D eigenvalue weighted by atomic mass is 10.0. The minimum Gasteiger partial charge on any atom is -0.462 e. The number of anilines is 1. The van der Waals surface area contributed by atoms with Gasteiger partial charge < -0.3 is 15.2 Å². The Morgan fingerprint density at radius 3 is 2.21 bits per heavy atom.